The fraction of sp³-hybridized carbons (Fsp3) is 0.765. The second-order valence-corrected chi connectivity index (χ2v) is 5.66. The molecule has 0 aliphatic rings. The molecule has 0 saturated carbocycles. The first kappa shape index (κ1) is 17.1. The second kappa shape index (κ2) is 10.8. The predicted octanol–water partition coefficient (Wildman–Crippen LogP) is 5.64. The fourth-order valence-corrected chi connectivity index (χ4v) is 2.65. The van der Waals surface area contributed by atoms with Crippen molar-refractivity contribution in [2.45, 2.75) is 84.0 Å². The minimum atomic E-state index is -0.401. The van der Waals surface area contributed by atoms with Crippen LogP contribution in [-0.4, -0.2) is 9.97 Å². The molecule has 0 spiro atoms. The van der Waals surface area contributed by atoms with Gasteiger partial charge in [0.25, 0.3) is 0 Å². The first-order chi connectivity index (χ1) is 9.77. The van der Waals surface area contributed by atoms with Crippen molar-refractivity contribution in [2.75, 3.05) is 0 Å². The number of rotatable bonds is 11. The van der Waals surface area contributed by atoms with Crippen LogP contribution in [0.1, 0.15) is 89.7 Å². The van der Waals surface area contributed by atoms with Crippen molar-refractivity contribution in [3.63, 3.8) is 0 Å². The lowest BCUT2D eigenvalue weighted by Gasteiger charge is -2.16. The van der Waals surface area contributed by atoms with Crippen molar-refractivity contribution >= 4 is 0 Å². The Morgan fingerprint density at radius 2 is 1.50 bits per heavy atom. The molecule has 1 aromatic heterocycles. The largest absolute Gasteiger partial charge is 0.241 e. The lowest BCUT2D eigenvalue weighted by atomic mass is 9.91. The van der Waals surface area contributed by atoms with Crippen LogP contribution in [0.5, 0.6) is 0 Å². The van der Waals surface area contributed by atoms with Gasteiger partial charge in [-0.15, -0.1) is 0 Å². The summed E-state index contributed by atoms with van der Waals surface area (Å²) in [6.45, 7) is 4.45. The van der Waals surface area contributed by atoms with Gasteiger partial charge in [-0.05, 0) is 12.8 Å². The quantitative estimate of drug-likeness (QED) is 0.387. The highest BCUT2D eigenvalue weighted by atomic mass is 19.1. The molecule has 0 N–H and O–H groups in total. The lowest BCUT2D eigenvalue weighted by molar-refractivity contribution is 0.481. The Kier molecular flexibility index (Phi) is 9.18. The van der Waals surface area contributed by atoms with E-state index in [1.807, 2.05) is 0 Å². The van der Waals surface area contributed by atoms with Crippen LogP contribution in [0.4, 0.5) is 4.39 Å². The Bertz CT molecular complexity index is 343. The first-order valence-electron chi connectivity index (χ1n) is 8.25. The molecule has 0 bridgehead atoms. The fourth-order valence-electron chi connectivity index (χ4n) is 2.65. The zero-order valence-electron chi connectivity index (χ0n) is 13.1. The van der Waals surface area contributed by atoms with Gasteiger partial charge in [0.05, 0.1) is 0 Å². The van der Waals surface area contributed by atoms with Crippen molar-refractivity contribution in [2.24, 2.45) is 0 Å². The summed E-state index contributed by atoms with van der Waals surface area (Å²) in [7, 11) is 0. The third-order valence-corrected chi connectivity index (χ3v) is 3.89. The third-order valence-electron chi connectivity index (χ3n) is 3.89. The van der Waals surface area contributed by atoms with Gasteiger partial charge in [0.2, 0.25) is 5.95 Å². The lowest BCUT2D eigenvalue weighted by Crippen LogP contribution is -2.04. The number of hydrogen-bond acceptors (Lipinski definition) is 2. The van der Waals surface area contributed by atoms with Gasteiger partial charge in [0, 0.05) is 17.7 Å². The van der Waals surface area contributed by atoms with Gasteiger partial charge in [-0.3, -0.25) is 0 Å². The van der Waals surface area contributed by atoms with Crippen molar-refractivity contribution < 1.29 is 4.39 Å². The maximum absolute atomic E-state index is 13.3. The molecule has 0 amide bonds. The van der Waals surface area contributed by atoms with Crippen molar-refractivity contribution in [1.82, 2.24) is 9.97 Å². The number of hydrogen-bond donors (Lipinski definition) is 0. The summed E-state index contributed by atoms with van der Waals surface area (Å²) in [6.07, 6.45) is 13.7. The van der Waals surface area contributed by atoms with E-state index < -0.39 is 5.95 Å². The minimum absolute atomic E-state index is 0.401. The third kappa shape index (κ3) is 6.97. The predicted molar refractivity (Wildman–Crippen MR) is 82.2 cm³/mol. The molecule has 114 valence electrons. The second-order valence-electron chi connectivity index (χ2n) is 5.66. The summed E-state index contributed by atoms with van der Waals surface area (Å²) >= 11 is 0. The summed E-state index contributed by atoms with van der Waals surface area (Å²) in [5, 5.41) is 0. The normalized spacial score (nSPS) is 11.2. The average Bonchev–Trinajstić information content (AvgIpc) is 2.45. The molecule has 0 atom stereocenters. The van der Waals surface area contributed by atoms with E-state index in [4.69, 9.17) is 0 Å². The maximum atomic E-state index is 13.3. The van der Waals surface area contributed by atoms with Crippen molar-refractivity contribution in [1.29, 1.82) is 0 Å². The van der Waals surface area contributed by atoms with Crippen LogP contribution in [0.15, 0.2) is 12.4 Å². The summed E-state index contributed by atoms with van der Waals surface area (Å²) in [5.74, 6) is 0.00308. The monoisotopic (exact) mass is 280 g/mol. The molecule has 3 heteroatoms. The van der Waals surface area contributed by atoms with Crippen molar-refractivity contribution in [3.8, 4) is 0 Å². The van der Waals surface area contributed by atoms with Crippen LogP contribution in [-0.2, 0) is 0 Å². The van der Waals surface area contributed by atoms with Crippen LogP contribution in [0.25, 0.3) is 0 Å². The molecule has 0 saturated heterocycles. The van der Waals surface area contributed by atoms with E-state index in [1.165, 1.54) is 63.8 Å². The molecular formula is C17H29FN2. The number of halogens is 1. The summed E-state index contributed by atoms with van der Waals surface area (Å²) < 4.78 is 13.3. The van der Waals surface area contributed by atoms with Gasteiger partial charge < -0.3 is 0 Å². The number of aromatic nitrogens is 2. The Labute approximate surface area is 123 Å². The highest BCUT2D eigenvalue weighted by Crippen LogP contribution is 2.27. The van der Waals surface area contributed by atoms with E-state index in [0.717, 1.165) is 18.5 Å². The molecule has 0 aromatic carbocycles. The Morgan fingerprint density at radius 3 is 2.00 bits per heavy atom. The first-order valence-corrected chi connectivity index (χ1v) is 8.25. The molecule has 1 aromatic rings. The zero-order valence-corrected chi connectivity index (χ0v) is 13.1. The number of nitrogens with zero attached hydrogens (tertiary/aromatic N) is 2. The van der Waals surface area contributed by atoms with E-state index >= 15 is 0 Å². The smallest absolute Gasteiger partial charge is 0.216 e. The number of unbranched alkanes of at least 4 members (excludes halogenated alkanes) is 6. The van der Waals surface area contributed by atoms with E-state index in [2.05, 4.69) is 23.8 Å². The molecular weight excluding hydrogens is 251 g/mol. The van der Waals surface area contributed by atoms with Gasteiger partial charge in [0.1, 0.15) is 6.33 Å². The van der Waals surface area contributed by atoms with Crippen molar-refractivity contribution in [3.05, 3.63) is 24.0 Å². The van der Waals surface area contributed by atoms with E-state index in [9.17, 15) is 4.39 Å². The minimum Gasteiger partial charge on any atom is -0.241 e. The van der Waals surface area contributed by atoms with Crippen LogP contribution in [0.3, 0.4) is 0 Å². The Balaban J connectivity index is 2.49. The summed E-state index contributed by atoms with van der Waals surface area (Å²) in [4.78, 5) is 7.85. The maximum Gasteiger partial charge on any atom is 0.216 e. The van der Waals surface area contributed by atoms with E-state index in [1.54, 1.807) is 0 Å². The highest BCUT2D eigenvalue weighted by molar-refractivity contribution is 5.06. The average molecular weight is 280 g/mol. The van der Waals surface area contributed by atoms with Crippen LogP contribution in [0, 0.1) is 5.95 Å². The topological polar surface area (TPSA) is 25.8 Å². The molecule has 1 heterocycles. The SMILES string of the molecule is CCCCCCC(CCCCCC)c1cc(F)ncn1. The van der Waals surface area contributed by atoms with Gasteiger partial charge >= 0.3 is 0 Å². The molecule has 20 heavy (non-hydrogen) atoms. The molecule has 0 aliphatic carbocycles. The summed E-state index contributed by atoms with van der Waals surface area (Å²) in [5.41, 5.74) is 0.894. The summed E-state index contributed by atoms with van der Waals surface area (Å²) in [6, 6.07) is 1.52. The molecule has 2 nitrogen and oxygen atoms in total. The van der Waals surface area contributed by atoms with E-state index in [-0.39, 0.29) is 0 Å². The van der Waals surface area contributed by atoms with Gasteiger partial charge in [0.15, 0.2) is 0 Å². The molecule has 0 unspecified atom stereocenters. The van der Waals surface area contributed by atoms with E-state index in [0.29, 0.717) is 5.92 Å². The van der Waals surface area contributed by atoms with Crippen LogP contribution >= 0.6 is 0 Å². The Morgan fingerprint density at radius 1 is 0.900 bits per heavy atom. The molecule has 1 rings (SSSR count). The van der Waals surface area contributed by atoms with Gasteiger partial charge in [-0.2, -0.15) is 4.39 Å². The molecule has 0 radical (unpaired) electrons. The van der Waals surface area contributed by atoms with Gasteiger partial charge in [-0.25, -0.2) is 9.97 Å². The standard InChI is InChI=1S/C17H29FN2/c1-3-5-7-9-11-15(12-10-8-6-4-2)16-13-17(18)20-14-19-16/h13-15H,3-12H2,1-2H3. The van der Waals surface area contributed by atoms with Gasteiger partial charge in [-0.1, -0.05) is 65.2 Å². The molecule has 0 fully saturated rings. The van der Waals surface area contributed by atoms with Crippen LogP contribution < -0.4 is 0 Å². The zero-order chi connectivity index (χ0) is 14.6. The van der Waals surface area contributed by atoms with Crippen LogP contribution in [0.2, 0.25) is 0 Å². The Hall–Kier alpha value is -0.990. The highest BCUT2D eigenvalue weighted by Gasteiger charge is 2.13. The molecule has 0 aliphatic heterocycles.